The van der Waals surface area contributed by atoms with Gasteiger partial charge in [0.2, 0.25) is 0 Å². The summed E-state index contributed by atoms with van der Waals surface area (Å²) in [4.78, 5) is 18.7. The summed E-state index contributed by atoms with van der Waals surface area (Å²) >= 11 is 0. The Morgan fingerprint density at radius 2 is 2.19 bits per heavy atom. The molecule has 114 valence electrons. The smallest absolute Gasteiger partial charge is 0.271 e. The third-order valence-electron chi connectivity index (χ3n) is 3.15. The summed E-state index contributed by atoms with van der Waals surface area (Å²) in [7, 11) is 0. The molecule has 0 saturated carbocycles. The van der Waals surface area contributed by atoms with Gasteiger partial charge in [-0.2, -0.15) is 0 Å². The fourth-order valence-corrected chi connectivity index (χ4v) is 2.04. The summed E-state index contributed by atoms with van der Waals surface area (Å²) in [5.74, 6) is 5.44. The molecule has 0 radical (unpaired) electrons. The third-order valence-corrected chi connectivity index (χ3v) is 3.15. The zero-order valence-corrected chi connectivity index (χ0v) is 13.0. The molecule has 0 fully saturated rings. The number of nitrogens with zero attached hydrogens (tertiary/aromatic N) is 2. The predicted octanol–water partition coefficient (Wildman–Crippen LogP) is 0.852. The van der Waals surface area contributed by atoms with Crippen molar-refractivity contribution >= 4 is 5.91 Å². The average molecular weight is 288 g/mol. The molecule has 1 aromatic rings. The van der Waals surface area contributed by atoms with Crippen LogP contribution in [-0.4, -0.2) is 48.0 Å². The van der Waals surface area contributed by atoms with Crippen LogP contribution in [0, 0.1) is 11.8 Å². The van der Waals surface area contributed by atoms with E-state index in [-0.39, 0.29) is 18.5 Å². The molecule has 0 aliphatic heterocycles. The molecule has 0 aliphatic carbocycles. The molecule has 1 atom stereocenters. The minimum absolute atomic E-state index is 0.0507. The lowest BCUT2D eigenvalue weighted by atomic mass is 10.1. The van der Waals surface area contributed by atoms with Crippen LogP contribution in [0.2, 0.25) is 0 Å². The lowest BCUT2D eigenvalue weighted by molar-refractivity contribution is 0.0925. The van der Waals surface area contributed by atoms with Crippen molar-refractivity contribution in [1.82, 2.24) is 15.2 Å². The zero-order valence-electron chi connectivity index (χ0n) is 13.0. The Morgan fingerprint density at radius 3 is 2.81 bits per heavy atom. The molecule has 21 heavy (non-hydrogen) atoms. The molecule has 1 unspecified atom stereocenters. The van der Waals surface area contributed by atoms with Crippen LogP contribution in [0.4, 0.5) is 0 Å². The minimum atomic E-state index is -0.198. The summed E-state index contributed by atoms with van der Waals surface area (Å²) in [6.07, 6.45) is 1.59. The molecule has 0 spiro atoms. The monoisotopic (exact) mass is 288 g/mol. The van der Waals surface area contributed by atoms with Gasteiger partial charge in [0, 0.05) is 18.8 Å². The van der Waals surface area contributed by atoms with E-state index in [0.717, 1.165) is 19.6 Å². The SMILES string of the molecule is CCN(CC)CC(C)NC(=O)c1ncccc1C#CCN. The Bertz CT molecular complexity index is 514. The predicted molar refractivity (Wildman–Crippen MR) is 84.9 cm³/mol. The van der Waals surface area contributed by atoms with E-state index in [0.29, 0.717) is 11.3 Å². The van der Waals surface area contributed by atoms with Gasteiger partial charge in [-0.1, -0.05) is 25.7 Å². The number of nitrogens with two attached hydrogens (primary N) is 1. The standard InChI is InChI=1S/C16H24N4O/c1-4-20(5-2)12-13(3)19-16(21)15-14(8-6-10-17)9-7-11-18-15/h7,9,11,13H,4-5,10,12,17H2,1-3H3,(H,19,21). The van der Waals surface area contributed by atoms with Crippen LogP contribution in [0.5, 0.6) is 0 Å². The Kier molecular flexibility index (Phi) is 7.44. The Balaban J connectivity index is 2.75. The van der Waals surface area contributed by atoms with Crippen molar-refractivity contribution in [2.24, 2.45) is 5.73 Å². The summed E-state index contributed by atoms with van der Waals surface area (Å²) in [6.45, 7) is 9.21. The number of pyridine rings is 1. The van der Waals surface area contributed by atoms with E-state index in [1.807, 2.05) is 6.92 Å². The van der Waals surface area contributed by atoms with Gasteiger partial charge in [0.15, 0.2) is 0 Å². The largest absolute Gasteiger partial charge is 0.347 e. The topological polar surface area (TPSA) is 71.2 Å². The number of nitrogens with one attached hydrogen (secondary N) is 1. The van der Waals surface area contributed by atoms with Gasteiger partial charge in [-0.25, -0.2) is 4.98 Å². The van der Waals surface area contributed by atoms with Crippen LogP contribution in [0.1, 0.15) is 36.8 Å². The third kappa shape index (κ3) is 5.54. The molecule has 0 saturated heterocycles. The summed E-state index contributed by atoms with van der Waals surface area (Å²) in [5, 5.41) is 2.97. The first-order valence-electron chi connectivity index (χ1n) is 7.29. The second-order valence-corrected chi connectivity index (χ2v) is 4.77. The normalized spacial score (nSPS) is 11.7. The van der Waals surface area contributed by atoms with Crippen molar-refractivity contribution in [2.75, 3.05) is 26.2 Å². The number of amides is 1. The van der Waals surface area contributed by atoms with Crippen LogP contribution in [0.3, 0.4) is 0 Å². The van der Waals surface area contributed by atoms with Gasteiger partial charge in [-0.15, -0.1) is 0 Å². The molecule has 1 heterocycles. The van der Waals surface area contributed by atoms with Crippen molar-refractivity contribution in [3.05, 3.63) is 29.6 Å². The Hall–Kier alpha value is -1.90. The van der Waals surface area contributed by atoms with Gasteiger partial charge >= 0.3 is 0 Å². The highest BCUT2D eigenvalue weighted by atomic mass is 16.1. The van der Waals surface area contributed by atoms with E-state index in [1.165, 1.54) is 0 Å². The molecular weight excluding hydrogens is 264 g/mol. The zero-order chi connectivity index (χ0) is 15.7. The number of aromatic nitrogens is 1. The fraction of sp³-hybridized carbons (Fsp3) is 0.500. The molecule has 5 nitrogen and oxygen atoms in total. The number of hydrogen-bond acceptors (Lipinski definition) is 4. The maximum Gasteiger partial charge on any atom is 0.271 e. The number of likely N-dealkylation sites (N-methyl/N-ethyl adjacent to an activating group) is 1. The Morgan fingerprint density at radius 1 is 1.48 bits per heavy atom. The van der Waals surface area contributed by atoms with Gasteiger partial charge in [0.05, 0.1) is 12.1 Å². The van der Waals surface area contributed by atoms with Crippen molar-refractivity contribution in [1.29, 1.82) is 0 Å². The van der Waals surface area contributed by atoms with Gasteiger partial charge in [-0.05, 0) is 32.1 Å². The fourth-order valence-electron chi connectivity index (χ4n) is 2.04. The van der Waals surface area contributed by atoms with Crippen molar-refractivity contribution in [3.63, 3.8) is 0 Å². The van der Waals surface area contributed by atoms with E-state index in [2.05, 4.69) is 40.9 Å². The van der Waals surface area contributed by atoms with Crippen LogP contribution in [-0.2, 0) is 0 Å². The van der Waals surface area contributed by atoms with Crippen LogP contribution in [0.25, 0.3) is 0 Å². The maximum absolute atomic E-state index is 12.3. The second-order valence-electron chi connectivity index (χ2n) is 4.77. The molecule has 0 aromatic carbocycles. The maximum atomic E-state index is 12.3. The number of rotatable bonds is 6. The highest BCUT2D eigenvalue weighted by Crippen LogP contribution is 2.04. The van der Waals surface area contributed by atoms with Gasteiger partial charge < -0.3 is 16.0 Å². The average Bonchev–Trinajstić information content (AvgIpc) is 2.50. The van der Waals surface area contributed by atoms with Crippen LogP contribution >= 0.6 is 0 Å². The second kappa shape index (κ2) is 9.11. The van der Waals surface area contributed by atoms with Crippen molar-refractivity contribution in [3.8, 4) is 11.8 Å². The molecule has 1 amide bonds. The summed E-state index contributed by atoms with van der Waals surface area (Å²) in [5.41, 5.74) is 6.33. The highest BCUT2D eigenvalue weighted by Gasteiger charge is 2.15. The first-order chi connectivity index (χ1) is 10.1. The molecule has 3 N–H and O–H groups in total. The highest BCUT2D eigenvalue weighted by molar-refractivity contribution is 5.94. The minimum Gasteiger partial charge on any atom is -0.347 e. The van der Waals surface area contributed by atoms with Crippen molar-refractivity contribution < 1.29 is 4.79 Å². The Labute approximate surface area is 126 Å². The first kappa shape index (κ1) is 17.2. The van der Waals surface area contributed by atoms with Crippen molar-refractivity contribution in [2.45, 2.75) is 26.8 Å². The molecular formula is C16H24N4O. The lowest BCUT2D eigenvalue weighted by Crippen LogP contribution is -2.42. The molecule has 1 rings (SSSR count). The van der Waals surface area contributed by atoms with E-state index >= 15 is 0 Å². The van der Waals surface area contributed by atoms with E-state index in [4.69, 9.17) is 5.73 Å². The first-order valence-corrected chi connectivity index (χ1v) is 7.29. The van der Waals surface area contributed by atoms with Gasteiger partial charge in [0.1, 0.15) is 5.69 Å². The van der Waals surface area contributed by atoms with Crippen LogP contribution in [0.15, 0.2) is 18.3 Å². The van der Waals surface area contributed by atoms with E-state index in [9.17, 15) is 4.79 Å². The molecule has 0 bridgehead atoms. The van der Waals surface area contributed by atoms with Gasteiger partial charge in [-0.3, -0.25) is 4.79 Å². The number of hydrogen-bond donors (Lipinski definition) is 2. The summed E-state index contributed by atoms with van der Waals surface area (Å²) in [6, 6.07) is 3.59. The molecule has 1 aromatic heterocycles. The molecule has 0 aliphatic rings. The summed E-state index contributed by atoms with van der Waals surface area (Å²) < 4.78 is 0. The van der Waals surface area contributed by atoms with Crippen LogP contribution < -0.4 is 11.1 Å². The lowest BCUT2D eigenvalue weighted by Gasteiger charge is -2.23. The molecule has 5 heteroatoms. The van der Waals surface area contributed by atoms with Gasteiger partial charge in [0.25, 0.3) is 5.91 Å². The van der Waals surface area contributed by atoms with E-state index in [1.54, 1.807) is 18.3 Å². The number of carbonyl (C=O) groups is 1. The quantitative estimate of drug-likeness (QED) is 0.761. The van der Waals surface area contributed by atoms with E-state index < -0.39 is 0 Å². The number of carbonyl (C=O) groups excluding carboxylic acids is 1.